The van der Waals surface area contributed by atoms with E-state index in [9.17, 15) is 9.18 Å². The van der Waals surface area contributed by atoms with Gasteiger partial charge in [0, 0.05) is 31.7 Å². The molecule has 1 aliphatic rings. The molecular formula is C22H25FN4O2. The van der Waals surface area contributed by atoms with Crippen molar-refractivity contribution in [2.45, 2.75) is 39.2 Å². The molecule has 0 aliphatic carbocycles. The number of nitrogens with zero attached hydrogens (tertiary/aromatic N) is 4. The second-order valence-corrected chi connectivity index (χ2v) is 7.63. The van der Waals surface area contributed by atoms with Crippen molar-refractivity contribution in [3.05, 3.63) is 53.1 Å². The predicted molar refractivity (Wildman–Crippen MR) is 110 cm³/mol. The van der Waals surface area contributed by atoms with Crippen LogP contribution in [-0.2, 0) is 11.8 Å². The normalized spacial score (nSPS) is 19.1. The zero-order valence-corrected chi connectivity index (χ0v) is 17.1. The number of carbonyl (C=O) groups is 1. The van der Waals surface area contributed by atoms with E-state index in [2.05, 4.69) is 21.9 Å². The molecule has 1 aromatic carbocycles. The molecule has 1 aliphatic heterocycles. The third-order valence-electron chi connectivity index (χ3n) is 5.70. The summed E-state index contributed by atoms with van der Waals surface area (Å²) in [5.74, 6) is -0.360. The van der Waals surface area contributed by atoms with Gasteiger partial charge in [-0.1, -0.05) is 12.1 Å². The third-order valence-corrected chi connectivity index (χ3v) is 5.70. The van der Waals surface area contributed by atoms with Gasteiger partial charge in [0.25, 0.3) is 0 Å². The zero-order chi connectivity index (χ0) is 20.7. The van der Waals surface area contributed by atoms with Crippen molar-refractivity contribution in [3.8, 4) is 0 Å². The molecule has 4 rings (SSSR count). The third kappa shape index (κ3) is 3.34. The van der Waals surface area contributed by atoms with Gasteiger partial charge in [0.15, 0.2) is 5.65 Å². The van der Waals surface area contributed by atoms with E-state index >= 15 is 0 Å². The lowest BCUT2D eigenvalue weighted by Gasteiger charge is -2.27. The molecule has 7 heteroatoms. The van der Waals surface area contributed by atoms with Gasteiger partial charge >= 0.3 is 5.97 Å². The molecule has 0 radical (unpaired) electrons. The van der Waals surface area contributed by atoms with Crippen molar-refractivity contribution in [1.29, 1.82) is 0 Å². The van der Waals surface area contributed by atoms with E-state index in [4.69, 9.17) is 4.74 Å². The number of carbonyl (C=O) groups excluding carboxylic acids is 1. The number of benzene rings is 1. The quantitative estimate of drug-likeness (QED) is 0.625. The molecule has 1 saturated heterocycles. The Morgan fingerprint density at radius 2 is 2.03 bits per heavy atom. The number of rotatable bonds is 4. The van der Waals surface area contributed by atoms with E-state index in [1.54, 1.807) is 17.8 Å². The molecule has 2 aromatic heterocycles. The highest BCUT2D eigenvalue weighted by atomic mass is 19.1. The number of halogens is 1. The first-order valence-corrected chi connectivity index (χ1v) is 9.92. The largest absolute Gasteiger partial charge is 0.462 e. The van der Waals surface area contributed by atoms with Crippen LogP contribution in [0, 0.1) is 12.7 Å². The number of hydrogen-bond donors (Lipinski definition) is 0. The van der Waals surface area contributed by atoms with Gasteiger partial charge in [-0.15, -0.1) is 0 Å². The minimum Gasteiger partial charge on any atom is -0.462 e. The summed E-state index contributed by atoms with van der Waals surface area (Å²) in [6.07, 6.45) is 2.51. The first kappa shape index (κ1) is 19.4. The summed E-state index contributed by atoms with van der Waals surface area (Å²) >= 11 is 0. The van der Waals surface area contributed by atoms with Crippen molar-refractivity contribution in [1.82, 2.24) is 14.8 Å². The average Bonchev–Trinajstić information content (AvgIpc) is 3.21. The van der Waals surface area contributed by atoms with Gasteiger partial charge in [0.05, 0.1) is 23.4 Å². The van der Waals surface area contributed by atoms with E-state index < -0.39 is 0 Å². The molecule has 1 fully saturated rings. The van der Waals surface area contributed by atoms with Crippen LogP contribution in [0.15, 0.2) is 30.5 Å². The van der Waals surface area contributed by atoms with Gasteiger partial charge in [-0.05, 0) is 44.9 Å². The summed E-state index contributed by atoms with van der Waals surface area (Å²) in [7, 11) is 1.85. The molecule has 152 valence electrons. The molecule has 6 nitrogen and oxygen atoms in total. The first-order valence-electron chi connectivity index (χ1n) is 9.92. The van der Waals surface area contributed by atoms with Crippen LogP contribution in [0.3, 0.4) is 0 Å². The SMILES string of the molecule is CCOC(=O)c1cnc2c(c(C)nn2C)c1N1CC(c2ccc(F)cc2)CC1C. The molecule has 2 atom stereocenters. The Morgan fingerprint density at radius 1 is 1.31 bits per heavy atom. The molecule has 2 unspecified atom stereocenters. The molecule has 0 N–H and O–H groups in total. The number of hydrogen-bond acceptors (Lipinski definition) is 5. The minimum atomic E-state index is -0.377. The lowest BCUT2D eigenvalue weighted by Crippen LogP contribution is -2.29. The number of anilines is 1. The van der Waals surface area contributed by atoms with Crippen LogP contribution in [0.2, 0.25) is 0 Å². The molecule has 3 aromatic rings. The number of ether oxygens (including phenoxy) is 1. The number of aromatic nitrogens is 3. The lowest BCUT2D eigenvalue weighted by molar-refractivity contribution is 0.0527. The second kappa shape index (κ2) is 7.46. The molecule has 29 heavy (non-hydrogen) atoms. The van der Waals surface area contributed by atoms with E-state index in [-0.39, 0.29) is 23.7 Å². The summed E-state index contributed by atoms with van der Waals surface area (Å²) in [4.78, 5) is 19.5. The standard InChI is InChI=1S/C22H25FN4O2/c1-5-29-22(28)18-11-24-21-19(14(3)25-26(21)4)20(18)27-12-16(10-13(27)2)15-6-8-17(23)9-7-15/h6-9,11,13,16H,5,10,12H2,1-4H3. The highest BCUT2D eigenvalue weighted by Gasteiger charge is 2.35. The van der Waals surface area contributed by atoms with Crippen LogP contribution < -0.4 is 4.90 Å². The number of esters is 1. The van der Waals surface area contributed by atoms with E-state index in [0.29, 0.717) is 12.2 Å². The van der Waals surface area contributed by atoms with E-state index in [1.165, 1.54) is 12.1 Å². The molecule has 0 bridgehead atoms. The summed E-state index contributed by atoms with van der Waals surface area (Å²) in [6.45, 7) is 6.90. The van der Waals surface area contributed by atoms with Crippen molar-refractivity contribution >= 4 is 22.7 Å². The van der Waals surface area contributed by atoms with Crippen molar-refractivity contribution < 1.29 is 13.9 Å². The van der Waals surface area contributed by atoms with Gasteiger partial charge < -0.3 is 9.64 Å². The summed E-state index contributed by atoms with van der Waals surface area (Å²) in [6, 6.07) is 6.90. The van der Waals surface area contributed by atoms with Crippen LogP contribution in [0.1, 0.15) is 47.8 Å². The monoisotopic (exact) mass is 396 g/mol. The Hall–Kier alpha value is -2.96. The number of pyridine rings is 1. The Morgan fingerprint density at radius 3 is 2.72 bits per heavy atom. The molecule has 0 amide bonds. The maximum atomic E-state index is 13.3. The van der Waals surface area contributed by atoms with Gasteiger partial charge in [0.2, 0.25) is 0 Å². The predicted octanol–water partition coefficient (Wildman–Crippen LogP) is 3.97. The fraction of sp³-hybridized carbons (Fsp3) is 0.409. The van der Waals surface area contributed by atoms with Crippen LogP contribution in [0.25, 0.3) is 11.0 Å². The maximum Gasteiger partial charge on any atom is 0.341 e. The lowest BCUT2D eigenvalue weighted by atomic mass is 9.97. The van der Waals surface area contributed by atoms with E-state index in [0.717, 1.165) is 40.9 Å². The van der Waals surface area contributed by atoms with Crippen LogP contribution in [0.5, 0.6) is 0 Å². The molecule has 0 saturated carbocycles. The van der Waals surface area contributed by atoms with Gasteiger partial charge in [-0.2, -0.15) is 5.10 Å². The molecule has 3 heterocycles. The molecular weight excluding hydrogens is 371 g/mol. The Bertz CT molecular complexity index is 1060. The Labute approximate surface area is 169 Å². The smallest absolute Gasteiger partial charge is 0.341 e. The van der Waals surface area contributed by atoms with Gasteiger partial charge in [-0.3, -0.25) is 4.68 Å². The summed E-state index contributed by atoms with van der Waals surface area (Å²) in [5.41, 5.74) is 3.96. The average molecular weight is 396 g/mol. The van der Waals surface area contributed by atoms with Crippen molar-refractivity contribution in [2.24, 2.45) is 7.05 Å². The summed E-state index contributed by atoms with van der Waals surface area (Å²) < 4.78 is 20.4. The number of fused-ring (bicyclic) bond motifs is 1. The fourth-order valence-corrected chi connectivity index (χ4v) is 4.37. The second-order valence-electron chi connectivity index (χ2n) is 7.63. The Kier molecular flexibility index (Phi) is 4.98. The maximum absolute atomic E-state index is 13.3. The summed E-state index contributed by atoms with van der Waals surface area (Å²) in [5, 5.41) is 5.39. The fourth-order valence-electron chi connectivity index (χ4n) is 4.37. The van der Waals surface area contributed by atoms with Crippen LogP contribution >= 0.6 is 0 Å². The Balaban J connectivity index is 1.82. The van der Waals surface area contributed by atoms with Gasteiger partial charge in [-0.25, -0.2) is 14.2 Å². The number of aryl methyl sites for hydroxylation is 2. The van der Waals surface area contributed by atoms with Crippen LogP contribution in [0.4, 0.5) is 10.1 Å². The highest BCUT2D eigenvalue weighted by Crippen LogP contribution is 2.40. The minimum absolute atomic E-state index is 0.198. The van der Waals surface area contributed by atoms with Gasteiger partial charge in [0.1, 0.15) is 11.4 Å². The highest BCUT2D eigenvalue weighted by molar-refractivity contribution is 6.05. The zero-order valence-electron chi connectivity index (χ0n) is 17.1. The van der Waals surface area contributed by atoms with E-state index in [1.807, 2.05) is 26.1 Å². The van der Waals surface area contributed by atoms with Crippen molar-refractivity contribution in [2.75, 3.05) is 18.1 Å². The topological polar surface area (TPSA) is 60.2 Å². The van der Waals surface area contributed by atoms with Crippen molar-refractivity contribution in [3.63, 3.8) is 0 Å². The molecule has 0 spiro atoms. The van der Waals surface area contributed by atoms with Crippen LogP contribution in [-0.4, -0.2) is 39.9 Å². The first-order chi connectivity index (χ1) is 13.9.